The molecule has 0 heterocycles. The van der Waals surface area contributed by atoms with E-state index in [1.54, 1.807) is 18.2 Å². The second-order valence-electron chi connectivity index (χ2n) is 4.13. The second-order valence-corrected chi connectivity index (χ2v) is 5.42. The molecule has 0 bridgehead atoms. The summed E-state index contributed by atoms with van der Waals surface area (Å²) >= 11 is 9.46. The Hall–Kier alpha value is -1.52. The van der Waals surface area contributed by atoms with E-state index in [0.29, 0.717) is 22.8 Å². The van der Waals surface area contributed by atoms with Gasteiger partial charge in [-0.25, -0.2) is 4.79 Å². The van der Waals surface area contributed by atoms with Crippen LogP contribution in [0.1, 0.15) is 15.9 Å². The largest absolute Gasteiger partial charge is 0.465 e. The smallest absolute Gasteiger partial charge is 0.339 e. The molecule has 104 valence electrons. The van der Waals surface area contributed by atoms with Crippen LogP contribution in [0.25, 0.3) is 0 Å². The van der Waals surface area contributed by atoms with Crippen LogP contribution in [-0.4, -0.2) is 13.1 Å². The average molecular weight is 355 g/mol. The zero-order valence-electron chi connectivity index (χ0n) is 10.8. The van der Waals surface area contributed by atoms with Gasteiger partial charge in [0.05, 0.1) is 18.4 Å². The van der Waals surface area contributed by atoms with Gasteiger partial charge in [0.1, 0.15) is 0 Å². The Morgan fingerprint density at radius 1 is 1.30 bits per heavy atom. The van der Waals surface area contributed by atoms with Gasteiger partial charge in [-0.1, -0.05) is 45.7 Å². The van der Waals surface area contributed by atoms with Crippen LogP contribution in [0.4, 0.5) is 5.69 Å². The normalized spacial score (nSPS) is 10.2. The number of anilines is 1. The lowest BCUT2D eigenvalue weighted by molar-refractivity contribution is 0.0602. The molecule has 0 aliphatic carbocycles. The fourth-order valence-electron chi connectivity index (χ4n) is 1.78. The SMILES string of the molecule is COC(=O)c1ccc(Cl)cc1NCc1ccccc1Br. The second kappa shape index (κ2) is 6.77. The number of hydrogen-bond acceptors (Lipinski definition) is 3. The third-order valence-corrected chi connectivity index (χ3v) is 3.82. The number of hydrogen-bond donors (Lipinski definition) is 1. The fraction of sp³-hybridized carbons (Fsp3) is 0.133. The summed E-state index contributed by atoms with van der Waals surface area (Å²) in [6.07, 6.45) is 0. The molecule has 0 saturated heterocycles. The first-order chi connectivity index (χ1) is 9.61. The zero-order valence-corrected chi connectivity index (χ0v) is 13.2. The summed E-state index contributed by atoms with van der Waals surface area (Å²) in [7, 11) is 1.36. The summed E-state index contributed by atoms with van der Waals surface area (Å²) in [5, 5.41) is 3.77. The van der Waals surface area contributed by atoms with Crippen molar-refractivity contribution in [3.05, 3.63) is 63.1 Å². The monoisotopic (exact) mass is 353 g/mol. The van der Waals surface area contributed by atoms with E-state index in [4.69, 9.17) is 16.3 Å². The Bertz CT molecular complexity index is 631. The Labute approximate surface area is 131 Å². The molecule has 0 spiro atoms. The highest BCUT2D eigenvalue weighted by atomic mass is 79.9. The van der Waals surface area contributed by atoms with Gasteiger partial charge in [0, 0.05) is 16.0 Å². The van der Waals surface area contributed by atoms with Gasteiger partial charge in [-0.3, -0.25) is 0 Å². The van der Waals surface area contributed by atoms with Crippen LogP contribution in [0.2, 0.25) is 5.02 Å². The molecule has 0 amide bonds. The molecule has 0 radical (unpaired) electrons. The number of esters is 1. The minimum atomic E-state index is -0.392. The maximum atomic E-state index is 11.7. The molecule has 0 unspecified atom stereocenters. The first-order valence-electron chi connectivity index (χ1n) is 5.97. The van der Waals surface area contributed by atoms with Crippen molar-refractivity contribution in [2.75, 3.05) is 12.4 Å². The molecular weight excluding hydrogens is 342 g/mol. The number of carbonyl (C=O) groups is 1. The minimum absolute atomic E-state index is 0.392. The van der Waals surface area contributed by atoms with Crippen LogP contribution < -0.4 is 5.32 Å². The molecule has 0 atom stereocenters. The molecule has 1 N–H and O–H groups in total. The maximum Gasteiger partial charge on any atom is 0.339 e. The quantitative estimate of drug-likeness (QED) is 0.822. The molecular formula is C15H13BrClNO2. The van der Waals surface area contributed by atoms with Gasteiger partial charge in [0.25, 0.3) is 0 Å². The van der Waals surface area contributed by atoms with E-state index in [2.05, 4.69) is 21.2 Å². The van der Waals surface area contributed by atoms with Crippen LogP contribution in [0.3, 0.4) is 0 Å². The van der Waals surface area contributed by atoms with Crippen LogP contribution in [0, 0.1) is 0 Å². The summed E-state index contributed by atoms with van der Waals surface area (Å²) in [4.78, 5) is 11.7. The van der Waals surface area contributed by atoms with E-state index >= 15 is 0 Å². The lowest BCUT2D eigenvalue weighted by Crippen LogP contribution is -2.08. The highest BCUT2D eigenvalue weighted by molar-refractivity contribution is 9.10. The topological polar surface area (TPSA) is 38.3 Å². The molecule has 2 aromatic rings. The summed E-state index contributed by atoms with van der Waals surface area (Å²) in [6.45, 7) is 0.575. The molecule has 5 heteroatoms. The van der Waals surface area contributed by atoms with Gasteiger partial charge < -0.3 is 10.1 Å². The van der Waals surface area contributed by atoms with Crippen LogP contribution in [0.5, 0.6) is 0 Å². The average Bonchev–Trinajstić information content (AvgIpc) is 2.46. The molecule has 0 aliphatic rings. The number of methoxy groups -OCH3 is 1. The third kappa shape index (κ3) is 3.52. The van der Waals surface area contributed by atoms with Gasteiger partial charge in [-0.05, 0) is 29.8 Å². The van der Waals surface area contributed by atoms with Gasteiger partial charge in [-0.2, -0.15) is 0 Å². The Morgan fingerprint density at radius 2 is 2.05 bits per heavy atom. The summed E-state index contributed by atoms with van der Waals surface area (Å²) in [5.41, 5.74) is 2.20. The van der Waals surface area contributed by atoms with Crippen molar-refractivity contribution in [1.29, 1.82) is 0 Å². The van der Waals surface area contributed by atoms with Crippen LogP contribution in [0.15, 0.2) is 46.9 Å². The molecule has 0 aliphatic heterocycles. The molecule has 2 rings (SSSR count). The molecule has 0 aromatic heterocycles. The van der Waals surface area contributed by atoms with Gasteiger partial charge in [-0.15, -0.1) is 0 Å². The number of ether oxygens (including phenoxy) is 1. The molecule has 2 aromatic carbocycles. The van der Waals surface area contributed by atoms with Crippen molar-refractivity contribution in [3.63, 3.8) is 0 Å². The first kappa shape index (κ1) is 14.9. The standard InChI is InChI=1S/C15H13BrClNO2/c1-20-15(19)12-7-6-11(17)8-14(12)18-9-10-4-2-3-5-13(10)16/h2-8,18H,9H2,1H3. The third-order valence-electron chi connectivity index (χ3n) is 2.81. The van der Waals surface area contributed by atoms with E-state index in [0.717, 1.165) is 10.0 Å². The first-order valence-corrected chi connectivity index (χ1v) is 7.14. The number of carbonyl (C=O) groups excluding carboxylic acids is 1. The number of benzene rings is 2. The van der Waals surface area contributed by atoms with Crippen molar-refractivity contribution >= 4 is 39.2 Å². The van der Waals surface area contributed by atoms with Crippen LogP contribution in [-0.2, 0) is 11.3 Å². The molecule has 0 saturated carbocycles. The van der Waals surface area contributed by atoms with E-state index in [1.165, 1.54) is 7.11 Å². The van der Waals surface area contributed by atoms with Crippen molar-refractivity contribution in [3.8, 4) is 0 Å². The minimum Gasteiger partial charge on any atom is -0.465 e. The zero-order chi connectivity index (χ0) is 14.5. The van der Waals surface area contributed by atoms with Crippen molar-refractivity contribution in [2.45, 2.75) is 6.54 Å². The van der Waals surface area contributed by atoms with E-state index in [9.17, 15) is 4.79 Å². The highest BCUT2D eigenvalue weighted by Crippen LogP contribution is 2.24. The van der Waals surface area contributed by atoms with Crippen molar-refractivity contribution < 1.29 is 9.53 Å². The maximum absolute atomic E-state index is 11.7. The molecule has 20 heavy (non-hydrogen) atoms. The van der Waals surface area contributed by atoms with Gasteiger partial charge >= 0.3 is 5.97 Å². The number of nitrogens with one attached hydrogen (secondary N) is 1. The molecule has 0 fully saturated rings. The Balaban J connectivity index is 2.22. The van der Waals surface area contributed by atoms with Gasteiger partial charge in [0.15, 0.2) is 0 Å². The predicted molar refractivity (Wildman–Crippen MR) is 84.3 cm³/mol. The number of rotatable bonds is 4. The lowest BCUT2D eigenvalue weighted by atomic mass is 10.1. The lowest BCUT2D eigenvalue weighted by Gasteiger charge is -2.12. The van der Waals surface area contributed by atoms with Crippen LogP contribution >= 0.6 is 27.5 Å². The van der Waals surface area contributed by atoms with E-state index < -0.39 is 5.97 Å². The predicted octanol–water partition coefficient (Wildman–Crippen LogP) is 4.50. The van der Waals surface area contributed by atoms with Crippen molar-refractivity contribution in [1.82, 2.24) is 0 Å². The van der Waals surface area contributed by atoms with Gasteiger partial charge in [0.2, 0.25) is 0 Å². The Kier molecular flexibility index (Phi) is 5.04. The number of halogens is 2. The van der Waals surface area contributed by atoms with E-state index in [-0.39, 0.29) is 0 Å². The summed E-state index contributed by atoms with van der Waals surface area (Å²) in [5.74, 6) is -0.392. The molecule has 3 nitrogen and oxygen atoms in total. The van der Waals surface area contributed by atoms with E-state index in [1.807, 2.05) is 24.3 Å². The van der Waals surface area contributed by atoms with Crippen molar-refractivity contribution in [2.24, 2.45) is 0 Å². The summed E-state index contributed by atoms with van der Waals surface area (Å²) in [6, 6.07) is 12.9. The highest BCUT2D eigenvalue weighted by Gasteiger charge is 2.12. The Morgan fingerprint density at radius 3 is 2.75 bits per heavy atom. The fourth-order valence-corrected chi connectivity index (χ4v) is 2.38. The summed E-state index contributed by atoms with van der Waals surface area (Å²) < 4.78 is 5.77.